The highest BCUT2D eigenvalue weighted by Gasteiger charge is 2.41. The third-order valence-electron chi connectivity index (χ3n) is 5.90. The third kappa shape index (κ3) is 4.08. The summed E-state index contributed by atoms with van der Waals surface area (Å²) in [5.74, 6) is 0.764. The summed E-state index contributed by atoms with van der Waals surface area (Å²) < 4.78 is 13.2. The average molecular weight is 471 g/mol. The molecule has 0 radical (unpaired) electrons. The summed E-state index contributed by atoms with van der Waals surface area (Å²) in [5.41, 5.74) is 5.21. The van der Waals surface area contributed by atoms with Crippen LogP contribution in [0.25, 0.3) is 5.69 Å². The van der Waals surface area contributed by atoms with Crippen LogP contribution in [0.5, 0.6) is 5.75 Å². The highest BCUT2D eigenvalue weighted by Crippen LogP contribution is 2.42. The standard InChI is InChI=1S/C24H27ClN4O2S/c1-15-13-18(16(2)29(15)20-14-17(25)8-9-21(20)31-4)23-22(19-7-5-6-10-26-19)27-24(32)28(23)11-12-30-3/h5-10,13-14,22-23H,11-12H2,1-4H3,(H,27,32)/t22-,23+/m1/s1. The highest BCUT2D eigenvalue weighted by molar-refractivity contribution is 7.80. The number of pyridine rings is 1. The van der Waals surface area contributed by atoms with Crippen molar-refractivity contribution in [1.82, 2.24) is 19.8 Å². The maximum absolute atomic E-state index is 6.34. The quantitative estimate of drug-likeness (QED) is 0.502. The summed E-state index contributed by atoms with van der Waals surface area (Å²) in [6.07, 6.45) is 1.81. The molecular weight excluding hydrogens is 444 g/mol. The molecule has 1 aliphatic heterocycles. The SMILES string of the molecule is COCCN1C(=S)N[C@H](c2ccccn2)[C@@H]1c1cc(C)n(-c2cc(Cl)ccc2OC)c1C. The van der Waals surface area contributed by atoms with Crippen molar-refractivity contribution in [3.63, 3.8) is 0 Å². The number of hydrogen-bond acceptors (Lipinski definition) is 4. The lowest BCUT2D eigenvalue weighted by atomic mass is 9.97. The maximum atomic E-state index is 6.34. The topological polar surface area (TPSA) is 51.5 Å². The van der Waals surface area contributed by atoms with Crippen LogP contribution >= 0.6 is 23.8 Å². The molecule has 0 aliphatic carbocycles. The van der Waals surface area contributed by atoms with E-state index in [-0.39, 0.29) is 12.1 Å². The Labute approximate surface area is 199 Å². The summed E-state index contributed by atoms with van der Waals surface area (Å²) >= 11 is 12.1. The van der Waals surface area contributed by atoms with Crippen LogP contribution in [0.15, 0.2) is 48.7 Å². The number of nitrogens with one attached hydrogen (secondary N) is 1. The van der Waals surface area contributed by atoms with Gasteiger partial charge in [-0.05, 0) is 68.0 Å². The Balaban J connectivity index is 1.85. The molecule has 1 saturated heterocycles. The van der Waals surface area contributed by atoms with Crippen LogP contribution < -0.4 is 10.1 Å². The lowest BCUT2D eigenvalue weighted by molar-refractivity contribution is 0.164. The van der Waals surface area contributed by atoms with Crippen LogP contribution in [-0.4, -0.2) is 46.9 Å². The first-order chi connectivity index (χ1) is 15.5. The molecule has 0 amide bonds. The molecule has 0 bridgehead atoms. The summed E-state index contributed by atoms with van der Waals surface area (Å²) in [7, 11) is 3.37. The molecule has 32 heavy (non-hydrogen) atoms. The van der Waals surface area contributed by atoms with Crippen LogP contribution in [0.2, 0.25) is 5.02 Å². The molecule has 2 atom stereocenters. The average Bonchev–Trinajstić information content (AvgIpc) is 3.27. The Bertz CT molecular complexity index is 1120. The molecule has 6 nitrogen and oxygen atoms in total. The van der Waals surface area contributed by atoms with Gasteiger partial charge < -0.3 is 24.3 Å². The van der Waals surface area contributed by atoms with Gasteiger partial charge in [0.15, 0.2) is 5.11 Å². The van der Waals surface area contributed by atoms with Crippen molar-refractivity contribution in [3.8, 4) is 11.4 Å². The number of rotatable bonds is 7. The van der Waals surface area contributed by atoms with Gasteiger partial charge in [0.25, 0.3) is 0 Å². The number of aryl methyl sites for hydroxylation is 1. The molecule has 4 rings (SSSR count). The summed E-state index contributed by atoms with van der Waals surface area (Å²) in [5, 5.41) is 4.85. The van der Waals surface area contributed by atoms with Gasteiger partial charge in [-0.1, -0.05) is 17.7 Å². The van der Waals surface area contributed by atoms with E-state index in [1.165, 1.54) is 5.56 Å². The fraction of sp³-hybridized carbons (Fsp3) is 0.333. The second-order valence-electron chi connectivity index (χ2n) is 7.79. The fourth-order valence-corrected chi connectivity index (χ4v) is 4.97. The van der Waals surface area contributed by atoms with E-state index in [1.807, 2.05) is 42.6 Å². The number of thiocarbonyl (C=S) groups is 1. The molecular formula is C24H27ClN4O2S. The Kier molecular flexibility index (Phi) is 6.69. The molecule has 1 N–H and O–H groups in total. The second kappa shape index (κ2) is 9.48. The van der Waals surface area contributed by atoms with E-state index >= 15 is 0 Å². The molecule has 0 spiro atoms. The largest absolute Gasteiger partial charge is 0.495 e. The molecule has 168 valence electrons. The predicted molar refractivity (Wildman–Crippen MR) is 131 cm³/mol. The Morgan fingerprint density at radius 1 is 1.16 bits per heavy atom. The molecule has 0 saturated carbocycles. The van der Waals surface area contributed by atoms with Crippen LogP contribution in [0.4, 0.5) is 0 Å². The van der Waals surface area contributed by atoms with Crippen LogP contribution in [0.1, 0.15) is 34.7 Å². The Morgan fingerprint density at radius 2 is 1.97 bits per heavy atom. The van der Waals surface area contributed by atoms with Gasteiger partial charge in [0.2, 0.25) is 0 Å². The first-order valence-electron chi connectivity index (χ1n) is 10.5. The zero-order chi connectivity index (χ0) is 22.8. The molecule has 3 aromatic rings. The molecule has 0 unspecified atom stereocenters. The van der Waals surface area contributed by atoms with Gasteiger partial charge in [0.1, 0.15) is 5.75 Å². The van der Waals surface area contributed by atoms with E-state index in [4.69, 9.17) is 33.3 Å². The van der Waals surface area contributed by atoms with Gasteiger partial charge >= 0.3 is 0 Å². The number of methoxy groups -OCH3 is 2. The van der Waals surface area contributed by atoms with Crippen molar-refractivity contribution in [1.29, 1.82) is 0 Å². The van der Waals surface area contributed by atoms with Crippen molar-refractivity contribution in [2.24, 2.45) is 0 Å². The zero-order valence-corrected chi connectivity index (χ0v) is 20.2. The first-order valence-corrected chi connectivity index (χ1v) is 11.2. The van der Waals surface area contributed by atoms with Gasteiger partial charge in [-0.15, -0.1) is 0 Å². The maximum Gasteiger partial charge on any atom is 0.170 e. The van der Waals surface area contributed by atoms with Gasteiger partial charge in [-0.25, -0.2) is 0 Å². The number of nitrogens with zero attached hydrogens (tertiary/aromatic N) is 3. The van der Waals surface area contributed by atoms with Crippen molar-refractivity contribution in [3.05, 3.63) is 76.3 Å². The number of ether oxygens (including phenoxy) is 2. The van der Waals surface area contributed by atoms with Crippen molar-refractivity contribution >= 4 is 28.9 Å². The molecule has 3 heterocycles. The zero-order valence-electron chi connectivity index (χ0n) is 18.6. The van der Waals surface area contributed by atoms with Crippen LogP contribution in [0.3, 0.4) is 0 Å². The lowest BCUT2D eigenvalue weighted by Crippen LogP contribution is -2.32. The minimum Gasteiger partial charge on any atom is -0.495 e. The molecule has 1 aromatic carbocycles. The molecule has 1 fully saturated rings. The minimum atomic E-state index is -0.0734. The van der Waals surface area contributed by atoms with E-state index < -0.39 is 0 Å². The predicted octanol–water partition coefficient (Wildman–Crippen LogP) is 4.77. The van der Waals surface area contributed by atoms with E-state index in [9.17, 15) is 0 Å². The fourth-order valence-electron chi connectivity index (χ4n) is 4.47. The smallest absolute Gasteiger partial charge is 0.170 e. The Hall–Kier alpha value is -2.61. The summed E-state index contributed by atoms with van der Waals surface area (Å²) in [6, 6.07) is 13.7. The summed E-state index contributed by atoms with van der Waals surface area (Å²) in [4.78, 5) is 6.81. The highest BCUT2D eigenvalue weighted by atomic mass is 35.5. The van der Waals surface area contributed by atoms with E-state index in [2.05, 4.69) is 39.7 Å². The summed E-state index contributed by atoms with van der Waals surface area (Å²) in [6.45, 7) is 5.47. The van der Waals surface area contributed by atoms with Gasteiger partial charge in [0.05, 0.1) is 37.2 Å². The van der Waals surface area contributed by atoms with Crippen molar-refractivity contribution in [2.45, 2.75) is 25.9 Å². The van der Waals surface area contributed by atoms with E-state index in [0.29, 0.717) is 23.3 Å². The molecule has 8 heteroatoms. The Morgan fingerprint density at radius 3 is 2.66 bits per heavy atom. The number of benzene rings is 1. The van der Waals surface area contributed by atoms with Crippen LogP contribution in [0, 0.1) is 13.8 Å². The van der Waals surface area contributed by atoms with Crippen molar-refractivity contribution < 1.29 is 9.47 Å². The number of halogens is 1. The van der Waals surface area contributed by atoms with Crippen molar-refractivity contribution in [2.75, 3.05) is 27.4 Å². The van der Waals surface area contributed by atoms with E-state index in [0.717, 1.165) is 28.5 Å². The van der Waals surface area contributed by atoms with Gasteiger partial charge in [-0.2, -0.15) is 0 Å². The minimum absolute atomic E-state index is 0.0299. The first kappa shape index (κ1) is 22.6. The monoisotopic (exact) mass is 470 g/mol. The second-order valence-corrected chi connectivity index (χ2v) is 8.61. The van der Waals surface area contributed by atoms with Gasteiger partial charge in [0, 0.05) is 36.3 Å². The number of aromatic nitrogens is 2. The van der Waals surface area contributed by atoms with E-state index in [1.54, 1.807) is 14.2 Å². The third-order valence-corrected chi connectivity index (χ3v) is 6.49. The number of hydrogen-bond donors (Lipinski definition) is 1. The molecule has 1 aliphatic rings. The van der Waals surface area contributed by atoms with Gasteiger partial charge in [-0.3, -0.25) is 4.98 Å². The molecule has 2 aromatic heterocycles. The normalized spacial score (nSPS) is 18.2. The van der Waals surface area contributed by atoms with Crippen LogP contribution in [-0.2, 0) is 4.74 Å². The lowest BCUT2D eigenvalue weighted by Gasteiger charge is -2.28.